The first-order valence-corrected chi connectivity index (χ1v) is 9.39. The predicted octanol–water partition coefficient (Wildman–Crippen LogP) is 4.53. The van der Waals surface area contributed by atoms with E-state index in [0.29, 0.717) is 17.6 Å². The van der Waals surface area contributed by atoms with Gasteiger partial charge in [-0.15, -0.1) is 0 Å². The van der Waals surface area contributed by atoms with Gasteiger partial charge in [0.1, 0.15) is 5.82 Å². The second-order valence-electron chi connectivity index (χ2n) is 7.81. The SMILES string of the molecule is CC(C)(c1cncc2nc(-c3ccncc3)nc(N)c12)C1CCCCC1. The molecule has 3 heterocycles. The fourth-order valence-electron chi connectivity index (χ4n) is 4.28. The largest absolute Gasteiger partial charge is 0.383 e. The third kappa shape index (κ3) is 2.91. The molecule has 0 aromatic carbocycles. The third-order valence-electron chi connectivity index (χ3n) is 5.89. The molecule has 1 fully saturated rings. The lowest BCUT2D eigenvalue weighted by Gasteiger charge is -2.38. The average molecular weight is 347 g/mol. The summed E-state index contributed by atoms with van der Waals surface area (Å²) in [6.45, 7) is 4.63. The van der Waals surface area contributed by atoms with E-state index in [2.05, 4.69) is 28.8 Å². The van der Waals surface area contributed by atoms with Crippen molar-refractivity contribution < 1.29 is 0 Å². The van der Waals surface area contributed by atoms with Crippen molar-refractivity contribution in [2.45, 2.75) is 51.4 Å². The van der Waals surface area contributed by atoms with Crippen LogP contribution >= 0.6 is 0 Å². The highest BCUT2D eigenvalue weighted by molar-refractivity contribution is 5.92. The van der Waals surface area contributed by atoms with E-state index in [4.69, 9.17) is 10.7 Å². The molecule has 5 nitrogen and oxygen atoms in total. The van der Waals surface area contributed by atoms with Gasteiger partial charge in [0.25, 0.3) is 0 Å². The number of aromatic nitrogens is 4. The van der Waals surface area contributed by atoms with E-state index in [1.807, 2.05) is 18.3 Å². The number of nitrogens with zero attached hydrogens (tertiary/aromatic N) is 4. The lowest BCUT2D eigenvalue weighted by atomic mass is 9.67. The minimum Gasteiger partial charge on any atom is -0.383 e. The van der Waals surface area contributed by atoms with Gasteiger partial charge in [-0.2, -0.15) is 0 Å². The molecule has 1 aliphatic carbocycles. The van der Waals surface area contributed by atoms with E-state index in [0.717, 1.165) is 16.5 Å². The van der Waals surface area contributed by atoms with E-state index in [1.165, 1.54) is 37.7 Å². The summed E-state index contributed by atoms with van der Waals surface area (Å²) in [5, 5.41) is 0.952. The summed E-state index contributed by atoms with van der Waals surface area (Å²) >= 11 is 0. The van der Waals surface area contributed by atoms with Gasteiger partial charge >= 0.3 is 0 Å². The van der Waals surface area contributed by atoms with E-state index in [-0.39, 0.29) is 5.41 Å². The van der Waals surface area contributed by atoms with Crippen molar-refractivity contribution in [3.63, 3.8) is 0 Å². The van der Waals surface area contributed by atoms with Crippen LogP contribution in [-0.2, 0) is 5.41 Å². The summed E-state index contributed by atoms with van der Waals surface area (Å²) in [7, 11) is 0. The highest BCUT2D eigenvalue weighted by Gasteiger charge is 2.34. The molecule has 0 bridgehead atoms. The van der Waals surface area contributed by atoms with Gasteiger partial charge in [-0.3, -0.25) is 9.97 Å². The fourth-order valence-corrected chi connectivity index (χ4v) is 4.28. The van der Waals surface area contributed by atoms with Crippen LogP contribution < -0.4 is 5.73 Å². The molecule has 3 aromatic rings. The van der Waals surface area contributed by atoms with Crippen LogP contribution in [0.5, 0.6) is 0 Å². The van der Waals surface area contributed by atoms with Gasteiger partial charge in [0, 0.05) is 29.5 Å². The molecule has 0 saturated heterocycles. The molecule has 1 aliphatic rings. The fraction of sp³-hybridized carbons (Fsp3) is 0.429. The average Bonchev–Trinajstić information content (AvgIpc) is 2.69. The Morgan fingerprint density at radius 1 is 0.962 bits per heavy atom. The lowest BCUT2D eigenvalue weighted by Crippen LogP contribution is -2.31. The van der Waals surface area contributed by atoms with Crippen LogP contribution in [0.15, 0.2) is 36.9 Å². The number of pyridine rings is 2. The van der Waals surface area contributed by atoms with Crippen LogP contribution in [0.1, 0.15) is 51.5 Å². The monoisotopic (exact) mass is 347 g/mol. The van der Waals surface area contributed by atoms with Crippen LogP contribution in [0, 0.1) is 5.92 Å². The molecule has 0 unspecified atom stereocenters. The molecule has 3 aromatic heterocycles. The standard InChI is InChI=1S/C21H25N5/c1-21(2,15-6-4-3-5-7-15)16-12-24-13-17-18(16)19(22)26-20(25-17)14-8-10-23-11-9-14/h8-13,15H,3-7H2,1-2H3,(H2,22,25,26). The molecular formula is C21H25N5. The maximum atomic E-state index is 6.43. The second-order valence-corrected chi connectivity index (χ2v) is 7.81. The zero-order valence-electron chi connectivity index (χ0n) is 15.4. The summed E-state index contributed by atoms with van der Waals surface area (Å²) in [4.78, 5) is 17.9. The van der Waals surface area contributed by atoms with Gasteiger partial charge in [-0.25, -0.2) is 9.97 Å². The molecule has 0 amide bonds. The Morgan fingerprint density at radius 2 is 1.69 bits per heavy atom. The maximum Gasteiger partial charge on any atom is 0.162 e. The second kappa shape index (κ2) is 6.63. The Hall–Kier alpha value is -2.56. The highest BCUT2D eigenvalue weighted by atomic mass is 15.0. The van der Waals surface area contributed by atoms with Gasteiger partial charge < -0.3 is 5.73 Å². The number of hydrogen-bond acceptors (Lipinski definition) is 5. The molecule has 26 heavy (non-hydrogen) atoms. The van der Waals surface area contributed by atoms with Crippen LogP contribution in [0.2, 0.25) is 0 Å². The Balaban J connectivity index is 1.84. The number of nitrogens with two attached hydrogens (primary N) is 1. The van der Waals surface area contributed by atoms with Gasteiger partial charge in [0.2, 0.25) is 0 Å². The third-order valence-corrected chi connectivity index (χ3v) is 5.89. The molecule has 0 radical (unpaired) electrons. The van der Waals surface area contributed by atoms with Crippen LogP contribution in [0.25, 0.3) is 22.3 Å². The molecule has 4 rings (SSSR count). The number of rotatable bonds is 3. The van der Waals surface area contributed by atoms with Gasteiger partial charge in [0.05, 0.1) is 11.7 Å². The van der Waals surface area contributed by atoms with Gasteiger partial charge in [-0.1, -0.05) is 33.1 Å². The summed E-state index contributed by atoms with van der Waals surface area (Å²) in [5.41, 5.74) is 9.32. The van der Waals surface area contributed by atoms with Crippen molar-refractivity contribution >= 4 is 16.7 Å². The number of nitrogen functional groups attached to an aromatic ring is 1. The molecule has 5 heteroatoms. The quantitative estimate of drug-likeness (QED) is 0.753. The number of fused-ring (bicyclic) bond motifs is 1. The summed E-state index contributed by atoms with van der Waals surface area (Å²) in [6.07, 6.45) is 13.7. The number of anilines is 1. The predicted molar refractivity (Wildman–Crippen MR) is 105 cm³/mol. The highest BCUT2D eigenvalue weighted by Crippen LogP contribution is 2.43. The molecule has 1 saturated carbocycles. The Morgan fingerprint density at radius 3 is 2.42 bits per heavy atom. The normalized spacial score (nSPS) is 16.1. The zero-order chi connectivity index (χ0) is 18.1. The van der Waals surface area contributed by atoms with E-state index >= 15 is 0 Å². The molecule has 0 aliphatic heterocycles. The van der Waals surface area contributed by atoms with Crippen molar-refractivity contribution in [2.24, 2.45) is 5.92 Å². The zero-order valence-corrected chi connectivity index (χ0v) is 15.4. The van der Waals surface area contributed by atoms with Gasteiger partial charge in [0.15, 0.2) is 5.82 Å². The Labute approximate surface area is 154 Å². The minimum absolute atomic E-state index is 0.00257. The van der Waals surface area contributed by atoms with E-state index < -0.39 is 0 Å². The first-order chi connectivity index (χ1) is 12.6. The van der Waals surface area contributed by atoms with Crippen LogP contribution in [0.3, 0.4) is 0 Å². The summed E-state index contributed by atoms with van der Waals surface area (Å²) in [6, 6.07) is 3.79. The Bertz CT molecular complexity index is 914. The van der Waals surface area contributed by atoms with Crippen molar-refractivity contribution in [3.8, 4) is 11.4 Å². The van der Waals surface area contributed by atoms with Crippen molar-refractivity contribution in [1.82, 2.24) is 19.9 Å². The minimum atomic E-state index is 0.00257. The summed E-state index contributed by atoms with van der Waals surface area (Å²) < 4.78 is 0. The molecule has 0 atom stereocenters. The van der Waals surface area contributed by atoms with Crippen molar-refractivity contribution in [3.05, 3.63) is 42.5 Å². The lowest BCUT2D eigenvalue weighted by molar-refractivity contribution is 0.237. The van der Waals surface area contributed by atoms with Crippen molar-refractivity contribution in [2.75, 3.05) is 5.73 Å². The molecule has 2 N–H and O–H groups in total. The number of hydrogen-bond donors (Lipinski definition) is 1. The topological polar surface area (TPSA) is 77.6 Å². The molecule has 0 spiro atoms. The van der Waals surface area contributed by atoms with Crippen molar-refractivity contribution in [1.29, 1.82) is 0 Å². The first kappa shape index (κ1) is 16.9. The maximum absolute atomic E-state index is 6.43. The molecule has 134 valence electrons. The van der Waals surface area contributed by atoms with Gasteiger partial charge in [-0.05, 0) is 41.9 Å². The summed E-state index contributed by atoms with van der Waals surface area (Å²) in [5.74, 6) is 1.79. The van der Waals surface area contributed by atoms with Crippen LogP contribution in [0.4, 0.5) is 5.82 Å². The van der Waals surface area contributed by atoms with E-state index in [9.17, 15) is 0 Å². The Kier molecular flexibility index (Phi) is 4.31. The van der Waals surface area contributed by atoms with E-state index in [1.54, 1.807) is 18.6 Å². The first-order valence-electron chi connectivity index (χ1n) is 9.39. The van der Waals surface area contributed by atoms with Crippen LogP contribution in [-0.4, -0.2) is 19.9 Å². The molecular weight excluding hydrogens is 322 g/mol. The smallest absolute Gasteiger partial charge is 0.162 e.